The van der Waals surface area contributed by atoms with E-state index in [9.17, 15) is 14.3 Å². The van der Waals surface area contributed by atoms with Crippen molar-refractivity contribution in [2.45, 2.75) is 53.4 Å². The van der Waals surface area contributed by atoms with E-state index in [1.807, 2.05) is 0 Å². The molecule has 1 N–H and O–H groups in total. The SMILES string of the molecule is C=C(C)C(=O)OCCCOP(=O)(O)OCC[N+](CCC)(CCC)CCC. The lowest BCUT2D eigenvalue weighted by Crippen LogP contribution is -2.51. The lowest BCUT2D eigenvalue weighted by molar-refractivity contribution is -0.928. The van der Waals surface area contributed by atoms with Gasteiger partial charge in [-0.1, -0.05) is 27.4 Å². The summed E-state index contributed by atoms with van der Waals surface area (Å²) in [6.45, 7) is 15.6. The Bertz CT molecular complexity index is 452. The summed E-state index contributed by atoms with van der Waals surface area (Å²) in [5.41, 5.74) is 0.315. The molecule has 154 valence electrons. The molecule has 0 bridgehead atoms. The summed E-state index contributed by atoms with van der Waals surface area (Å²) in [5, 5.41) is 0. The van der Waals surface area contributed by atoms with Crippen molar-refractivity contribution in [1.29, 1.82) is 0 Å². The summed E-state index contributed by atoms with van der Waals surface area (Å²) in [7, 11) is -4.09. The minimum absolute atomic E-state index is 0.0177. The van der Waals surface area contributed by atoms with E-state index in [-0.39, 0.29) is 19.8 Å². The quantitative estimate of drug-likeness (QED) is 0.141. The number of carbonyl (C=O) groups excluding carboxylic acids is 1. The Morgan fingerprint density at radius 1 is 0.962 bits per heavy atom. The van der Waals surface area contributed by atoms with Crippen LogP contribution >= 0.6 is 7.82 Å². The van der Waals surface area contributed by atoms with E-state index in [0.29, 0.717) is 18.5 Å². The third kappa shape index (κ3) is 11.1. The maximum absolute atomic E-state index is 12.0. The van der Waals surface area contributed by atoms with E-state index in [2.05, 4.69) is 27.4 Å². The molecule has 8 heteroatoms. The van der Waals surface area contributed by atoms with E-state index in [0.717, 1.165) is 43.4 Å². The molecular weight excluding hydrogens is 357 g/mol. The largest absolute Gasteiger partial charge is 0.472 e. The second-order valence-corrected chi connectivity index (χ2v) is 8.09. The number of esters is 1. The number of carbonyl (C=O) groups is 1. The molecule has 0 spiro atoms. The van der Waals surface area contributed by atoms with E-state index < -0.39 is 13.8 Å². The lowest BCUT2D eigenvalue weighted by atomic mass is 10.2. The van der Waals surface area contributed by atoms with Gasteiger partial charge in [0.15, 0.2) is 0 Å². The first-order valence-electron chi connectivity index (χ1n) is 9.51. The second-order valence-electron chi connectivity index (χ2n) is 6.64. The van der Waals surface area contributed by atoms with E-state index in [4.69, 9.17) is 13.8 Å². The van der Waals surface area contributed by atoms with Gasteiger partial charge in [-0.15, -0.1) is 0 Å². The van der Waals surface area contributed by atoms with Crippen molar-refractivity contribution in [3.05, 3.63) is 12.2 Å². The maximum atomic E-state index is 12.0. The first kappa shape index (κ1) is 25.3. The van der Waals surface area contributed by atoms with Crippen molar-refractivity contribution in [3.63, 3.8) is 0 Å². The van der Waals surface area contributed by atoms with Gasteiger partial charge in [0.25, 0.3) is 0 Å². The summed E-state index contributed by atoms with van der Waals surface area (Å²) in [4.78, 5) is 21.0. The van der Waals surface area contributed by atoms with Crippen LogP contribution < -0.4 is 0 Å². The van der Waals surface area contributed by atoms with Gasteiger partial charge in [0.05, 0.1) is 32.8 Å². The highest BCUT2D eigenvalue weighted by atomic mass is 31.2. The summed E-state index contributed by atoms with van der Waals surface area (Å²) >= 11 is 0. The van der Waals surface area contributed by atoms with Gasteiger partial charge in [0.1, 0.15) is 13.2 Å². The van der Waals surface area contributed by atoms with Crippen LogP contribution in [0.1, 0.15) is 53.4 Å². The molecule has 0 aromatic carbocycles. The predicted molar refractivity (Wildman–Crippen MR) is 103 cm³/mol. The average molecular weight is 394 g/mol. The Balaban J connectivity index is 4.25. The van der Waals surface area contributed by atoms with Crippen molar-refractivity contribution < 1.29 is 32.5 Å². The third-order valence-corrected chi connectivity index (χ3v) is 5.06. The zero-order chi connectivity index (χ0) is 20.1. The molecule has 1 atom stereocenters. The van der Waals surface area contributed by atoms with Gasteiger partial charge in [0.2, 0.25) is 0 Å². The molecular formula is C18H37NO6P+. The lowest BCUT2D eigenvalue weighted by Gasteiger charge is -2.38. The summed E-state index contributed by atoms with van der Waals surface area (Å²) in [6.07, 6.45) is 3.51. The fraction of sp³-hybridized carbons (Fsp3) is 0.833. The molecule has 26 heavy (non-hydrogen) atoms. The monoisotopic (exact) mass is 394 g/mol. The van der Waals surface area contributed by atoms with Gasteiger partial charge in [-0.2, -0.15) is 0 Å². The maximum Gasteiger partial charge on any atom is 0.472 e. The van der Waals surface area contributed by atoms with Gasteiger partial charge in [-0.05, 0) is 26.2 Å². The van der Waals surface area contributed by atoms with Crippen molar-refractivity contribution >= 4 is 13.8 Å². The predicted octanol–water partition coefficient (Wildman–Crippen LogP) is 3.68. The fourth-order valence-corrected chi connectivity index (χ4v) is 3.75. The van der Waals surface area contributed by atoms with Crippen LogP contribution in [0.4, 0.5) is 0 Å². The number of phosphoric acid groups is 1. The Morgan fingerprint density at radius 2 is 1.46 bits per heavy atom. The Morgan fingerprint density at radius 3 is 1.92 bits per heavy atom. The van der Waals surface area contributed by atoms with Crippen LogP contribution in [-0.2, 0) is 23.1 Å². The Labute approximate surface area is 158 Å². The molecule has 0 aliphatic heterocycles. The van der Waals surface area contributed by atoms with Crippen LogP contribution in [0.25, 0.3) is 0 Å². The normalized spacial score (nSPS) is 14.0. The molecule has 0 aliphatic carbocycles. The van der Waals surface area contributed by atoms with E-state index in [1.165, 1.54) is 0 Å². The van der Waals surface area contributed by atoms with Gasteiger partial charge >= 0.3 is 13.8 Å². The Hall–Kier alpha value is -0.720. The number of phosphoric ester groups is 1. The number of rotatable bonds is 16. The summed E-state index contributed by atoms with van der Waals surface area (Å²) in [5.74, 6) is -0.481. The van der Waals surface area contributed by atoms with Crippen LogP contribution in [-0.4, -0.2) is 61.3 Å². The number of hydrogen-bond donors (Lipinski definition) is 1. The van der Waals surface area contributed by atoms with Gasteiger partial charge in [0, 0.05) is 12.0 Å². The standard InChI is InChI=1S/C18H36NO6P/c1-6-10-19(11-7-2,12-8-3)13-16-25-26(21,22)24-15-9-14-23-18(20)17(4)5/h4,6-16H2,1-3,5H3/p+1. The number of ether oxygens (including phenoxy) is 1. The van der Waals surface area contributed by atoms with Crippen LogP contribution in [0.2, 0.25) is 0 Å². The second kappa shape index (κ2) is 13.4. The number of quaternary nitrogens is 1. The highest BCUT2D eigenvalue weighted by Crippen LogP contribution is 2.43. The van der Waals surface area contributed by atoms with Crippen LogP contribution in [0.3, 0.4) is 0 Å². The summed E-state index contributed by atoms with van der Waals surface area (Å²) in [6, 6.07) is 0. The molecule has 0 aromatic rings. The smallest absolute Gasteiger partial charge is 0.462 e. The molecule has 0 saturated heterocycles. The zero-order valence-corrected chi connectivity index (χ0v) is 17.8. The highest BCUT2D eigenvalue weighted by Gasteiger charge is 2.27. The molecule has 0 aromatic heterocycles. The van der Waals surface area contributed by atoms with Crippen LogP contribution in [0.5, 0.6) is 0 Å². The minimum atomic E-state index is -4.09. The molecule has 0 amide bonds. The van der Waals surface area contributed by atoms with E-state index in [1.54, 1.807) is 6.92 Å². The molecule has 0 fully saturated rings. The molecule has 0 saturated carbocycles. The van der Waals surface area contributed by atoms with Crippen LogP contribution in [0, 0.1) is 0 Å². The summed E-state index contributed by atoms with van der Waals surface area (Å²) < 4.78 is 27.8. The molecule has 1 unspecified atom stereocenters. The zero-order valence-electron chi connectivity index (χ0n) is 16.9. The first-order valence-corrected chi connectivity index (χ1v) is 11.0. The Kier molecular flexibility index (Phi) is 13.1. The highest BCUT2D eigenvalue weighted by molar-refractivity contribution is 7.47. The first-order chi connectivity index (χ1) is 12.2. The third-order valence-electron chi connectivity index (χ3n) is 4.04. The number of hydrogen-bond acceptors (Lipinski definition) is 5. The molecule has 0 aliphatic rings. The van der Waals surface area contributed by atoms with Crippen molar-refractivity contribution in [1.82, 2.24) is 0 Å². The van der Waals surface area contributed by atoms with Gasteiger partial charge < -0.3 is 14.1 Å². The van der Waals surface area contributed by atoms with Gasteiger partial charge in [-0.25, -0.2) is 9.36 Å². The van der Waals surface area contributed by atoms with Gasteiger partial charge in [-0.3, -0.25) is 9.05 Å². The average Bonchev–Trinajstić information content (AvgIpc) is 2.54. The molecule has 7 nitrogen and oxygen atoms in total. The van der Waals surface area contributed by atoms with Crippen molar-refractivity contribution in [3.8, 4) is 0 Å². The van der Waals surface area contributed by atoms with Crippen LogP contribution in [0.15, 0.2) is 12.2 Å². The van der Waals surface area contributed by atoms with Crippen molar-refractivity contribution in [2.24, 2.45) is 0 Å². The fourth-order valence-electron chi connectivity index (χ4n) is 3.01. The topological polar surface area (TPSA) is 82.1 Å². The molecule has 0 radical (unpaired) electrons. The molecule has 0 heterocycles. The van der Waals surface area contributed by atoms with Crippen molar-refractivity contribution in [2.75, 3.05) is 46.0 Å². The minimum Gasteiger partial charge on any atom is -0.462 e. The molecule has 0 rings (SSSR count). The van der Waals surface area contributed by atoms with E-state index >= 15 is 0 Å². The number of nitrogens with zero attached hydrogens (tertiary/aromatic N) is 1.